The lowest BCUT2D eigenvalue weighted by atomic mass is 9.81. The van der Waals surface area contributed by atoms with E-state index in [1.165, 1.54) is 6.20 Å². The quantitative estimate of drug-likeness (QED) is 0.373. The normalized spacial score (nSPS) is 22.1. The Morgan fingerprint density at radius 1 is 1.21 bits per heavy atom. The van der Waals surface area contributed by atoms with Crippen molar-refractivity contribution in [2.24, 2.45) is 10.9 Å². The predicted molar refractivity (Wildman–Crippen MR) is 139 cm³/mol. The van der Waals surface area contributed by atoms with E-state index in [2.05, 4.69) is 15.6 Å². The number of aliphatic hydroxyl groups excluding tert-OH is 1. The molecule has 0 saturated heterocycles. The molecular weight excluding hydrogens is 510 g/mol. The molecule has 1 aliphatic carbocycles. The Kier molecular flexibility index (Phi) is 6.79. The molecule has 0 amide bonds. The van der Waals surface area contributed by atoms with Crippen LogP contribution in [0.1, 0.15) is 54.2 Å². The second-order valence-electron chi connectivity index (χ2n) is 10.6. The van der Waals surface area contributed by atoms with E-state index in [1.54, 1.807) is 61.2 Å². The summed E-state index contributed by atoms with van der Waals surface area (Å²) in [5, 5.41) is 26.3. The van der Waals surface area contributed by atoms with Gasteiger partial charge in [0.05, 0.1) is 18.2 Å². The number of carboxylic acids is 1. The maximum Gasteiger partial charge on any atom is 0.340 e. The monoisotopic (exact) mass is 540 g/mol. The number of hydrogen-bond donors (Lipinski definition) is 4. The molecule has 1 fully saturated rings. The molecule has 206 valence electrons. The van der Waals surface area contributed by atoms with Crippen LogP contribution in [0.3, 0.4) is 0 Å². The van der Waals surface area contributed by atoms with Crippen molar-refractivity contribution in [2.45, 2.75) is 50.5 Å². The molecule has 5 rings (SSSR count). The van der Waals surface area contributed by atoms with E-state index in [1.807, 2.05) is 6.07 Å². The van der Waals surface area contributed by atoms with Crippen LogP contribution >= 0.6 is 0 Å². The van der Waals surface area contributed by atoms with Gasteiger partial charge < -0.3 is 30.5 Å². The number of anilines is 1. The van der Waals surface area contributed by atoms with Crippen molar-refractivity contribution in [3.63, 3.8) is 0 Å². The van der Waals surface area contributed by atoms with Crippen LogP contribution in [0.2, 0.25) is 0 Å². The van der Waals surface area contributed by atoms with Crippen LogP contribution in [-0.2, 0) is 15.1 Å². The first kappa shape index (κ1) is 26.6. The van der Waals surface area contributed by atoms with Crippen molar-refractivity contribution in [1.82, 2.24) is 10.2 Å². The van der Waals surface area contributed by atoms with Gasteiger partial charge in [-0.3, -0.25) is 0 Å². The molecule has 3 aliphatic rings. The molecule has 0 bridgehead atoms. The summed E-state index contributed by atoms with van der Waals surface area (Å²) in [6, 6.07) is 13.5. The number of esters is 1. The van der Waals surface area contributed by atoms with Crippen molar-refractivity contribution < 1.29 is 33.3 Å². The number of cyclic esters (lactones) is 1. The fraction of sp³-hybridized carbons (Fsp3) is 0.393. The zero-order valence-corrected chi connectivity index (χ0v) is 21.5. The minimum Gasteiger partial charge on any atom is -0.478 e. The number of halogens is 2. The third kappa shape index (κ3) is 5.44. The first-order valence-electron chi connectivity index (χ1n) is 12.7. The number of fused-ring (bicyclic) bond motifs is 1. The smallest absolute Gasteiger partial charge is 0.340 e. The maximum atomic E-state index is 13.6. The summed E-state index contributed by atoms with van der Waals surface area (Å²) in [5.74, 6) is -4.68. The maximum absolute atomic E-state index is 13.6. The zero-order chi connectivity index (χ0) is 27.9. The SMILES string of the molecule is CC1(C)OC(=O)c2ccc(NC3N=C(NC(CO)c4ccccc4)C(C(=O)O)=CN3CC3CC(F)(F)C3)cc21. The number of ether oxygens (including phenoxy) is 1. The first-order chi connectivity index (χ1) is 18.5. The van der Waals surface area contributed by atoms with E-state index in [4.69, 9.17) is 4.74 Å². The molecule has 0 spiro atoms. The Morgan fingerprint density at radius 3 is 2.56 bits per heavy atom. The summed E-state index contributed by atoms with van der Waals surface area (Å²) in [4.78, 5) is 30.7. The Hall–Kier alpha value is -3.99. The van der Waals surface area contributed by atoms with Gasteiger partial charge in [-0.05, 0) is 43.5 Å². The van der Waals surface area contributed by atoms with Gasteiger partial charge >= 0.3 is 11.9 Å². The number of aliphatic carboxylic acids is 1. The summed E-state index contributed by atoms with van der Waals surface area (Å²) in [5.41, 5.74) is 1.49. The van der Waals surface area contributed by atoms with Crippen LogP contribution < -0.4 is 10.6 Å². The fourth-order valence-electron chi connectivity index (χ4n) is 5.20. The van der Waals surface area contributed by atoms with Crippen LogP contribution in [0, 0.1) is 5.92 Å². The molecule has 1 saturated carbocycles. The topological polar surface area (TPSA) is 123 Å². The van der Waals surface area contributed by atoms with Gasteiger partial charge in [0.25, 0.3) is 0 Å². The largest absolute Gasteiger partial charge is 0.478 e. The third-order valence-electron chi connectivity index (χ3n) is 7.22. The average Bonchev–Trinajstić information content (AvgIpc) is 3.10. The molecular formula is C28H30F2N4O5. The number of carboxylic acid groups (broad SMARTS) is 1. The number of carbonyl (C=O) groups is 2. The van der Waals surface area contributed by atoms with Gasteiger partial charge in [0, 0.05) is 36.8 Å². The standard InChI is InChI=1S/C28H30F2N4O5/c1-27(2)21-10-18(8-9-19(21)25(38)39-27)31-26-33-23(32-22(15-35)17-6-4-3-5-7-17)20(24(36)37)14-34(26)13-16-11-28(29,30)12-16/h3-10,14,16,22,26,31,35H,11-13,15H2,1-2H3,(H,32,33)(H,36,37). The molecule has 4 N–H and O–H groups in total. The van der Waals surface area contributed by atoms with Gasteiger partial charge in [0.1, 0.15) is 17.0 Å². The Bertz CT molecular complexity index is 1340. The number of aliphatic imine (C=N–C) groups is 1. The van der Waals surface area contributed by atoms with E-state index >= 15 is 0 Å². The third-order valence-corrected chi connectivity index (χ3v) is 7.22. The number of aliphatic hydroxyl groups is 1. The van der Waals surface area contributed by atoms with E-state index in [9.17, 15) is 28.6 Å². The van der Waals surface area contributed by atoms with Crippen molar-refractivity contribution >= 4 is 23.5 Å². The lowest BCUT2D eigenvalue weighted by Crippen LogP contribution is -2.49. The minimum absolute atomic E-state index is 0.0399. The molecule has 9 nitrogen and oxygen atoms in total. The van der Waals surface area contributed by atoms with Gasteiger partial charge in [-0.15, -0.1) is 0 Å². The first-order valence-corrected chi connectivity index (χ1v) is 12.7. The summed E-state index contributed by atoms with van der Waals surface area (Å²) >= 11 is 0. The molecule has 2 aromatic carbocycles. The molecule has 2 unspecified atom stereocenters. The molecule has 39 heavy (non-hydrogen) atoms. The minimum atomic E-state index is -2.72. The number of hydrogen-bond acceptors (Lipinski definition) is 8. The Labute approximate surface area is 224 Å². The highest BCUT2D eigenvalue weighted by Gasteiger charge is 2.46. The van der Waals surface area contributed by atoms with Crippen LogP contribution in [-0.4, -0.2) is 58.3 Å². The van der Waals surface area contributed by atoms with Gasteiger partial charge in [-0.1, -0.05) is 30.3 Å². The molecule has 2 aliphatic heterocycles. The van der Waals surface area contributed by atoms with Crippen LogP contribution in [0.5, 0.6) is 0 Å². The predicted octanol–water partition coefficient (Wildman–Crippen LogP) is 3.84. The van der Waals surface area contributed by atoms with Crippen molar-refractivity contribution in [2.75, 3.05) is 18.5 Å². The lowest BCUT2D eigenvalue weighted by molar-refractivity contribution is -0.132. The molecule has 0 aromatic heterocycles. The van der Waals surface area contributed by atoms with Crippen molar-refractivity contribution in [3.05, 3.63) is 77.0 Å². The van der Waals surface area contributed by atoms with Gasteiger partial charge in [0.15, 0.2) is 6.29 Å². The number of rotatable bonds is 8. The van der Waals surface area contributed by atoms with Crippen molar-refractivity contribution in [3.8, 4) is 0 Å². The zero-order valence-electron chi connectivity index (χ0n) is 21.5. The number of alkyl halides is 2. The second kappa shape index (κ2) is 9.96. The van der Waals surface area contributed by atoms with Gasteiger partial charge in [-0.2, -0.15) is 0 Å². The highest BCUT2D eigenvalue weighted by atomic mass is 19.3. The van der Waals surface area contributed by atoms with Crippen LogP contribution in [0.4, 0.5) is 14.5 Å². The molecule has 2 aromatic rings. The van der Waals surface area contributed by atoms with Gasteiger partial charge in [0.2, 0.25) is 5.92 Å². The highest BCUT2D eigenvalue weighted by molar-refractivity contribution is 6.18. The Morgan fingerprint density at radius 2 is 1.92 bits per heavy atom. The second-order valence-corrected chi connectivity index (χ2v) is 10.6. The number of nitrogens with zero attached hydrogens (tertiary/aromatic N) is 2. The average molecular weight is 541 g/mol. The van der Waals surface area contributed by atoms with Gasteiger partial charge in [-0.25, -0.2) is 23.4 Å². The van der Waals surface area contributed by atoms with Crippen molar-refractivity contribution in [1.29, 1.82) is 0 Å². The summed E-state index contributed by atoms with van der Waals surface area (Å²) in [6.07, 6.45) is -0.0168. The number of carbonyl (C=O) groups excluding carboxylic acids is 1. The van der Waals surface area contributed by atoms with E-state index < -0.39 is 35.8 Å². The lowest BCUT2D eigenvalue weighted by Gasteiger charge is -2.41. The van der Waals surface area contributed by atoms with E-state index in [0.717, 1.165) is 5.56 Å². The fourth-order valence-corrected chi connectivity index (χ4v) is 5.20. The summed E-state index contributed by atoms with van der Waals surface area (Å²) < 4.78 is 32.6. The molecule has 2 heterocycles. The molecule has 2 atom stereocenters. The summed E-state index contributed by atoms with van der Waals surface area (Å²) in [6.45, 7) is 3.42. The van der Waals surface area contributed by atoms with Crippen LogP contribution in [0.15, 0.2) is 65.3 Å². The van der Waals surface area contributed by atoms with E-state index in [0.29, 0.717) is 16.8 Å². The number of benzene rings is 2. The Balaban J connectivity index is 1.47. The van der Waals surface area contributed by atoms with E-state index in [-0.39, 0.29) is 43.3 Å². The van der Waals surface area contributed by atoms with Crippen LogP contribution in [0.25, 0.3) is 0 Å². The highest BCUT2D eigenvalue weighted by Crippen LogP contribution is 2.43. The molecule has 11 heteroatoms. The number of nitrogens with one attached hydrogen (secondary N) is 2. The number of amidine groups is 1. The molecule has 0 radical (unpaired) electrons. The summed E-state index contributed by atoms with van der Waals surface area (Å²) in [7, 11) is 0.